The molecule has 0 spiro atoms. The Morgan fingerprint density at radius 2 is 1.97 bits per heavy atom. The summed E-state index contributed by atoms with van der Waals surface area (Å²) < 4.78 is 6.99. The molecule has 9 heteroatoms. The highest BCUT2D eigenvalue weighted by atomic mass is 16.5. The number of imide groups is 1. The first kappa shape index (κ1) is 21.3. The molecule has 1 aromatic carbocycles. The van der Waals surface area contributed by atoms with E-state index in [1.165, 1.54) is 4.90 Å². The molecular weight excluding hydrogens is 422 g/mol. The number of carbonyl (C=O) groups excluding carboxylic acids is 3. The molecule has 2 aromatic heterocycles. The molecule has 9 nitrogen and oxygen atoms in total. The van der Waals surface area contributed by atoms with Gasteiger partial charge in [-0.15, -0.1) is 10.2 Å². The van der Waals surface area contributed by atoms with Gasteiger partial charge in [0.15, 0.2) is 5.65 Å². The van der Waals surface area contributed by atoms with Crippen molar-refractivity contribution in [3.63, 3.8) is 0 Å². The Hall–Kier alpha value is -3.59. The fraction of sp³-hybridized carbons (Fsp3) is 0.375. The van der Waals surface area contributed by atoms with Crippen molar-refractivity contribution in [1.29, 1.82) is 0 Å². The van der Waals surface area contributed by atoms with E-state index in [2.05, 4.69) is 10.2 Å². The normalized spacial score (nSPS) is 18.3. The molecule has 1 atom stereocenters. The van der Waals surface area contributed by atoms with Gasteiger partial charge in [-0.2, -0.15) is 0 Å². The zero-order valence-corrected chi connectivity index (χ0v) is 18.4. The van der Waals surface area contributed by atoms with Gasteiger partial charge in [0.2, 0.25) is 0 Å². The van der Waals surface area contributed by atoms with E-state index in [-0.39, 0.29) is 23.6 Å². The minimum absolute atomic E-state index is 0.0778. The fourth-order valence-electron chi connectivity index (χ4n) is 4.69. The standard InChI is InChI=1S/C24H25N5O4/c1-33-13-5-12-29-23(31)18-9-8-16(14-19(18)24(29)32)22(30)27-10-4-6-17(15-27)21-26-25-20-7-2-3-11-28(20)21/h2-3,7-9,11,14,17H,4-6,10,12-13,15H2,1H3. The molecule has 0 radical (unpaired) electrons. The van der Waals surface area contributed by atoms with Crippen molar-refractivity contribution in [3.8, 4) is 0 Å². The van der Waals surface area contributed by atoms with E-state index >= 15 is 0 Å². The average molecular weight is 447 g/mol. The highest BCUT2D eigenvalue weighted by molar-refractivity contribution is 6.22. The molecule has 1 fully saturated rings. The monoisotopic (exact) mass is 447 g/mol. The Bertz CT molecular complexity index is 1240. The summed E-state index contributed by atoms with van der Waals surface area (Å²) in [6.45, 7) is 1.93. The third kappa shape index (κ3) is 3.78. The fourth-order valence-corrected chi connectivity index (χ4v) is 4.69. The predicted octanol–water partition coefficient (Wildman–Crippen LogP) is 2.38. The predicted molar refractivity (Wildman–Crippen MR) is 119 cm³/mol. The Kier molecular flexibility index (Phi) is 5.63. The number of nitrogens with zero attached hydrogens (tertiary/aromatic N) is 5. The average Bonchev–Trinajstić information content (AvgIpc) is 3.38. The first-order valence-corrected chi connectivity index (χ1v) is 11.2. The number of rotatable bonds is 6. The van der Waals surface area contributed by atoms with Crippen LogP contribution in [-0.2, 0) is 4.74 Å². The molecule has 0 N–H and O–H groups in total. The number of amides is 3. The zero-order valence-electron chi connectivity index (χ0n) is 18.4. The van der Waals surface area contributed by atoms with Crippen LogP contribution in [0.2, 0.25) is 0 Å². The first-order valence-electron chi connectivity index (χ1n) is 11.2. The number of piperidine rings is 1. The number of pyridine rings is 1. The van der Waals surface area contributed by atoms with Gasteiger partial charge in [-0.3, -0.25) is 23.7 Å². The minimum Gasteiger partial charge on any atom is -0.385 e. The first-order chi connectivity index (χ1) is 16.1. The number of methoxy groups -OCH3 is 1. The van der Waals surface area contributed by atoms with Crippen molar-refractivity contribution in [1.82, 2.24) is 24.4 Å². The Balaban J connectivity index is 1.34. The number of benzene rings is 1. The van der Waals surface area contributed by atoms with Gasteiger partial charge in [0.05, 0.1) is 11.1 Å². The molecule has 4 heterocycles. The smallest absolute Gasteiger partial charge is 0.261 e. The van der Waals surface area contributed by atoms with E-state index in [0.29, 0.717) is 49.4 Å². The quantitative estimate of drug-likeness (QED) is 0.425. The third-order valence-electron chi connectivity index (χ3n) is 6.36. The molecule has 2 aliphatic heterocycles. The highest BCUT2D eigenvalue weighted by Gasteiger charge is 2.36. The van der Waals surface area contributed by atoms with Gasteiger partial charge in [0.1, 0.15) is 5.82 Å². The van der Waals surface area contributed by atoms with Gasteiger partial charge in [0, 0.05) is 51.0 Å². The van der Waals surface area contributed by atoms with Crippen molar-refractivity contribution in [3.05, 3.63) is 65.1 Å². The molecule has 2 aliphatic rings. The summed E-state index contributed by atoms with van der Waals surface area (Å²) >= 11 is 0. The summed E-state index contributed by atoms with van der Waals surface area (Å²) in [6.07, 6.45) is 4.29. The molecular formula is C24H25N5O4. The summed E-state index contributed by atoms with van der Waals surface area (Å²) in [5.41, 5.74) is 1.84. The van der Waals surface area contributed by atoms with E-state index in [1.807, 2.05) is 28.8 Å². The van der Waals surface area contributed by atoms with Gasteiger partial charge in [0.25, 0.3) is 17.7 Å². The molecule has 1 unspecified atom stereocenters. The van der Waals surface area contributed by atoms with Crippen LogP contribution in [0.5, 0.6) is 0 Å². The highest BCUT2D eigenvalue weighted by Crippen LogP contribution is 2.29. The lowest BCUT2D eigenvalue weighted by molar-refractivity contribution is 0.0638. The number of fused-ring (bicyclic) bond motifs is 2. The van der Waals surface area contributed by atoms with E-state index in [0.717, 1.165) is 24.3 Å². The number of carbonyl (C=O) groups is 3. The number of ether oxygens (including phenoxy) is 1. The van der Waals surface area contributed by atoms with Crippen LogP contribution in [-0.4, -0.2) is 75.5 Å². The summed E-state index contributed by atoms with van der Waals surface area (Å²) in [6, 6.07) is 10.6. The lowest BCUT2D eigenvalue weighted by Gasteiger charge is -2.32. The maximum Gasteiger partial charge on any atom is 0.261 e. The number of hydrogen-bond donors (Lipinski definition) is 0. The zero-order chi connectivity index (χ0) is 22.9. The Morgan fingerprint density at radius 1 is 1.12 bits per heavy atom. The molecule has 0 bridgehead atoms. The topological polar surface area (TPSA) is 97.1 Å². The van der Waals surface area contributed by atoms with E-state index in [9.17, 15) is 14.4 Å². The van der Waals surface area contributed by atoms with Crippen LogP contribution in [0.4, 0.5) is 0 Å². The van der Waals surface area contributed by atoms with Crippen LogP contribution in [0.1, 0.15) is 62.1 Å². The molecule has 1 saturated heterocycles. The minimum atomic E-state index is -0.354. The maximum atomic E-state index is 13.3. The molecule has 5 rings (SSSR count). The third-order valence-corrected chi connectivity index (χ3v) is 6.36. The van der Waals surface area contributed by atoms with Crippen LogP contribution in [0.15, 0.2) is 42.6 Å². The van der Waals surface area contributed by atoms with Crippen molar-refractivity contribution < 1.29 is 19.1 Å². The van der Waals surface area contributed by atoms with Gasteiger partial charge >= 0.3 is 0 Å². The second kappa shape index (κ2) is 8.74. The summed E-state index contributed by atoms with van der Waals surface area (Å²) in [7, 11) is 1.58. The molecule has 3 aromatic rings. The van der Waals surface area contributed by atoms with E-state index in [4.69, 9.17) is 4.74 Å². The van der Waals surface area contributed by atoms with Crippen molar-refractivity contribution in [2.45, 2.75) is 25.2 Å². The van der Waals surface area contributed by atoms with Crippen molar-refractivity contribution in [2.24, 2.45) is 0 Å². The Morgan fingerprint density at radius 3 is 2.82 bits per heavy atom. The largest absolute Gasteiger partial charge is 0.385 e. The van der Waals surface area contributed by atoms with Gasteiger partial charge in [-0.1, -0.05) is 6.07 Å². The van der Waals surface area contributed by atoms with Crippen molar-refractivity contribution in [2.75, 3.05) is 33.4 Å². The summed E-state index contributed by atoms with van der Waals surface area (Å²) in [5.74, 6) is 0.113. The molecule has 170 valence electrons. The second-order valence-electron chi connectivity index (χ2n) is 8.45. The maximum absolute atomic E-state index is 13.3. The lowest BCUT2D eigenvalue weighted by Crippen LogP contribution is -2.39. The lowest BCUT2D eigenvalue weighted by atomic mass is 9.96. The van der Waals surface area contributed by atoms with Crippen LogP contribution in [0, 0.1) is 0 Å². The van der Waals surface area contributed by atoms with Crippen LogP contribution < -0.4 is 0 Å². The molecule has 0 aliphatic carbocycles. The molecule has 33 heavy (non-hydrogen) atoms. The van der Waals surface area contributed by atoms with Crippen molar-refractivity contribution >= 4 is 23.4 Å². The van der Waals surface area contributed by atoms with Gasteiger partial charge in [-0.05, 0) is 49.6 Å². The van der Waals surface area contributed by atoms with Gasteiger partial charge in [-0.25, -0.2) is 0 Å². The summed E-state index contributed by atoms with van der Waals surface area (Å²) in [5, 5.41) is 8.61. The van der Waals surface area contributed by atoms with Crippen LogP contribution in [0.25, 0.3) is 5.65 Å². The molecule has 3 amide bonds. The van der Waals surface area contributed by atoms with Crippen LogP contribution in [0.3, 0.4) is 0 Å². The molecule has 0 saturated carbocycles. The van der Waals surface area contributed by atoms with Gasteiger partial charge < -0.3 is 9.64 Å². The number of likely N-dealkylation sites (tertiary alicyclic amines) is 1. The van der Waals surface area contributed by atoms with Crippen LogP contribution >= 0.6 is 0 Å². The SMILES string of the molecule is COCCCN1C(=O)c2ccc(C(=O)N3CCCC(c4nnc5ccccn45)C3)cc2C1=O. The van der Waals surface area contributed by atoms with E-state index < -0.39 is 0 Å². The number of hydrogen-bond acceptors (Lipinski definition) is 6. The van der Waals surface area contributed by atoms with E-state index in [1.54, 1.807) is 30.2 Å². The Labute approximate surface area is 190 Å². The number of aromatic nitrogens is 3. The summed E-state index contributed by atoms with van der Waals surface area (Å²) in [4.78, 5) is 41.8. The second-order valence-corrected chi connectivity index (χ2v) is 8.45.